The van der Waals surface area contributed by atoms with Gasteiger partial charge >= 0.3 is 24.8 Å². The summed E-state index contributed by atoms with van der Waals surface area (Å²) >= 11 is 12.0. The number of hydrogen-bond donors (Lipinski definition) is 1. The number of aliphatic carboxylic acids is 1. The van der Waals surface area contributed by atoms with Gasteiger partial charge in [-0.05, 0) is 47.1 Å². The molecular formula is C27H30Cl2LiNO4-2. The van der Waals surface area contributed by atoms with Crippen LogP contribution in [0.25, 0.3) is 0 Å². The van der Waals surface area contributed by atoms with E-state index in [0.717, 1.165) is 18.4 Å². The number of hydrogen-bond acceptors (Lipinski definition) is 4. The fourth-order valence-corrected chi connectivity index (χ4v) is 3.42. The molecule has 5 nitrogen and oxygen atoms in total. The normalized spacial score (nSPS) is 12.0. The third-order valence-electron chi connectivity index (χ3n) is 4.61. The molecule has 2 aromatic rings. The summed E-state index contributed by atoms with van der Waals surface area (Å²) in [6, 6.07) is 14.5. The van der Waals surface area contributed by atoms with Crippen LogP contribution in [-0.4, -0.2) is 29.7 Å². The number of carbonyl (C=O) groups excluding carboxylic acids is 1. The van der Waals surface area contributed by atoms with Gasteiger partial charge in [-0.3, -0.25) is 10.9 Å². The van der Waals surface area contributed by atoms with Crippen LogP contribution in [0.15, 0.2) is 59.2 Å². The van der Waals surface area contributed by atoms with Gasteiger partial charge in [0.15, 0.2) is 0 Å². The number of halogens is 2. The number of nitrogens with zero attached hydrogens (tertiary/aromatic N) is 1. The molecule has 1 atom stereocenters. The second-order valence-corrected chi connectivity index (χ2v) is 8.60. The van der Waals surface area contributed by atoms with E-state index >= 15 is 0 Å². The maximum absolute atomic E-state index is 12.7. The van der Waals surface area contributed by atoms with Crippen LogP contribution in [0.3, 0.4) is 0 Å². The molecule has 35 heavy (non-hydrogen) atoms. The number of ether oxygens (including phenoxy) is 1. The Morgan fingerprint density at radius 3 is 2.40 bits per heavy atom. The number of allylic oxidation sites excluding steroid dienone is 2. The first-order chi connectivity index (χ1) is 15.8. The van der Waals surface area contributed by atoms with Gasteiger partial charge in [-0.2, -0.15) is 0 Å². The van der Waals surface area contributed by atoms with Crippen molar-refractivity contribution in [3.05, 3.63) is 88.9 Å². The number of Topliss-reactive ketones (excluding diaryl/α,β-unsaturated/α-hetero) is 1. The number of rotatable bonds is 14. The second kappa shape index (κ2) is 18.4. The first-order valence-corrected chi connectivity index (χ1v) is 11.5. The van der Waals surface area contributed by atoms with Crippen LogP contribution in [0.1, 0.15) is 50.2 Å². The van der Waals surface area contributed by atoms with Gasteiger partial charge < -0.3 is 27.1 Å². The van der Waals surface area contributed by atoms with Crippen molar-refractivity contribution in [3.8, 4) is 0 Å². The van der Waals surface area contributed by atoms with Crippen molar-refractivity contribution < 1.29 is 38.3 Å². The molecule has 0 heterocycles. The Balaban J connectivity index is 0.00000578. The van der Waals surface area contributed by atoms with Crippen molar-refractivity contribution in [1.29, 1.82) is 0 Å². The molecular weight excluding hydrogens is 480 g/mol. The van der Waals surface area contributed by atoms with E-state index in [0.29, 0.717) is 35.2 Å². The van der Waals surface area contributed by atoms with Crippen LogP contribution in [0.5, 0.6) is 0 Å². The minimum atomic E-state index is -0.934. The van der Waals surface area contributed by atoms with Crippen molar-refractivity contribution in [2.24, 2.45) is 10.9 Å². The van der Waals surface area contributed by atoms with Crippen molar-refractivity contribution in [3.63, 3.8) is 0 Å². The van der Waals surface area contributed by atoms with E-state index in [1.165, 1.54) is 0 Å². The first kappa shape index (κ1) is 33.1. The van der Waals surface area contributed by atoms with Gasteiger partial charge in [0.25, 0.3) is 0 Å². The molecule has 0 saturated carbocycles. The Labute approximate surface area is 230 Å². The van der Waals surface area contributed by atoms with Crippen molar-refractivity contribution in [1.82, 2.24) is 0 Å². The number of carboxylic acids is 1. The molecule has 0 bridgehead atoms. The number of carbonyl (C=O) groups is 2. The zero-order valence-electron chi connectivity index (χ0n) is 20.5. The quantitative estimate of drug-likeness (QED) is 0.138. The molecule has 0 saturated heterocycles. The average Bonchev–Trinajstić information content (AvgIpc) is 2.74. The summed E-state index contributed by atoms with van der Waals surface area (Å²) < 4.78 is 5.67. The van der Waals surface area contributed by atoms with Gasteiger partial charge in [0.1, 0.15) is 0 Å². The summed E-state index contributed by atoms with van der Waals surface area (Å²) in [5.74, 6) is -1.49. The van der Waals surface area contributed by atoms with E-state index in [1.807, 2.05) is 24.3 Å². The van der Waals surface area contributed by atoms with Crippen LogP contribution in [0, 0.1) is 19.4 Å². The Hall–Kier alpha value is -1.87. The molecule has 0 radical (unpaired) electrons. The number of benzene rings is 2. The smallest absolute Gasteiger partial charge is 0.481 e. The van der Waals surface area contributed by atoms with E-state index < -0.39 is 5.97 Å². The van der Waals surface area contributed by atoms with E-state index in [1.54, 1.807) is 31.2 Å². The standard InChI is InChI=1S/C26H27Cl2NO4.CH3.Li/c1-19(14-26(31)32)13-25(30)24(29-17-20-7-5-9-22(27)15-20)11-3-2-4-12-33-18-21-8-6-10-23(28)16-21;;/h5-10,15-16,19H,2-4,12-14,18H2,1H3,(H,31,32);1H3;/q-2;-1;+1/t19-;;/m0../s1. The molecule has 184 valence electrons. The summed E-state index contributed by atoms with van der Waals surface area (Å²) in [7, 11) is 0. The third-order valence-corrected chi connectivity index (χ3v) is 5.08. The van der Waals surface area contributed by atoms with Crippen LogP contribution >= 0.6 is 23.2 Å². The first-order valence-electron chi connectivity index (χ1n) is 10.7. The van der Waals surface area contributed by atoms with Gasteiger partial charge in [-0.1, -0.05) is 61.2 Å². The monoisotopic (exact) mass is 509 g/mol. The Bertz CT molecular complexity index is 995. The van der Waals surface area contributed by atoms with Crippen LogP contribution in [-0.2, 0) is 20.9 Å². The topological polar surface area (TPSA) is 76.0 Å². The van der Waals surface area contributed by atoms with Crippen molar-refractivity contribution in [2.45, 2.75) is 45.6 Å². The Morgan fingerprint density at radius 2 is 1.74 bits per heavy atom. The molecule has 0 aliphatic rings. The maximum Gasteiger partial charge on any atom is 1.00 e. The van der Waals surface area contributed by atoms with Crippen molar-refractivity contribution in [2.75, 3.05) is 6.61 Å². The number of carboxylic acid groups (broad SMARTS) is 1. The van der Waals surface area contributed by atoms with Gasteiger partial charge in [-0.25, -0.2) is 0 Å². The predicted octanol–water partition coefficient (Wildman–Crippen LogP) is 3.89. The van der Waals surface area contributed by atoms with E-state index in [4.69, 9.17) is 33.0 Å². The average molecular weight is 510 g/mol. The molecule has 0 aliphatic carbocycles. The molecule has 0 aliphatic heterocycles. The molecule has 1 N–H and O–H groups in total. The van der Waals surface area contributed by atoms with Crippen LogP contribution in [0.2, 0.25) is 10.0 Å². The summed E-state index contributed by atoms with van der Waals surface area (Å²) in [4.78, 5) is 27.8. The number of aliphatic imine (C=N–C) groups is 1. The molecule has 8 heteroatoms. The SMILES string of the molecule is C[C@H](CC(=O)O)CC(=O)C(=[C-]CCCCOCc1cccc(Cl)c1)N=[C-]c1cccc(Cl)c1.[CH3-].[Li+]. The molecule has 0 aromatic heterocycles. The molecule has 2 aromatic carbocycles. The van der Waals surface area contributed by atoms with Gasteiger partial charge in [-0.15, -0.1) is 35.9 Å². The fourth-order valence-electron chi connectivity index (χ4n) is 3.02. The second-order valence-electron chi connectivity index (χ2n) is 7.73. The minimum Gasteiger partial charge on any atom is -0.481 e. The zero-order valence-corrected chi connectivity index (χ0v) is 22.0. The Kier molecular flexibility index (Phi) is 17.4. The van der Waals surface area contributed by atoms with Crippen LogP contribution in [0.4, 0.5) is 0 Å². The van der Waals surface area contributed by atoms with Gasteiger partial charge in [0.05, 0.1) is 6.61 Å². The van der Waals surface area contributed by atoms with Crippen LogP contribution < -0.4 is 18.9 Å². The molecule has 0 unspecified atom stereocenters. The van der Waals surface area contributed by atoms with E-state index in [-0.39, 0.29) is 56.5 Å². The van der Waals surface area contributed by atoms with E-state index in [2.05, 4.69) is 17.3 Å². The Morgan fingerprint density at radius 1 is 1.06 bits per heavy atom. The molecule has 0 spiro atoms. The summed E-state index contributed by atoms with van der Waals surface area (Å²) in [5, 5.41) is 10.2. The summed E-state index contributed by atoms with van der Waals surface area (Å²) in [6.45, 7) is 2.79. The van der Waals surface area contributed by atoms with E-state index in [9.17, 15) is 9.59 Å². The summed E-state index contributed by atoms with van der Waals surface area (Å²) in [6.07, 6.45) is 7.99. The molecule has 0 fully saturated rings. The fraction of sp³-hybridized carbons (Fsp3) is 0.333. The summed E-state index contributed by atoms with van der Waals surface area (Å²) in [5.41, 5.74) is 1.82. The molecule has 2 rings (SSSR count). The maximum atomic E-state index is 12.7. The van der Waals surface area contributed by atoms with Gasteiger partial charge in [0.2, 0.25) is 0 Å². The zero-order chi connectivity index (χ0) is 24.1. The number of unbranched alkanes of at least 4 members (excludes halogenated alkanes) is 2. The van der Waals surface area contributed by atoms with Gasteiger partial charge in [0, 0.05) is 18.1 Å². The number of ketones is 1. The molecule has 0 amide bonds. The minimum absolute atomic E-state index is 0. The third kappa shape index (κ3) is 14.3. The largest absolute Gasteiger partial charge is 1.00 e. The predicted molar refractivity (Wildman–Crippen MR) is 137 cm³/mol. The van der Waals surface area contributed by atoms with Crippen molar-refractivity contribution >= 4 is 41.2 Å².